The van der Waals surface area contributed by atoms with Crippen LogP contribution in [0.3, 0.4) is 0 Å². The molecule has 1 atom stereocenters. The Balaban J connectivity index is 3.19. The number of Topliss-reactive ketones (excluding diaryl/α,β-unsaturated/α-hetero) is 1. The number of alkyl halides is 4. The zero-order chi connectivity index (χ0) is 13.9. The molecule has 0 bridgehead atoms. The zero-order valence-electron chi connectivity index (χ0n) is 9.08. The summed E-state index contributed by atoms with van der Waals surface area (Å²) in [6.07, 6.45) is 0. The van der Waals surface area contributed by atoms with Crippen molar-refractivity contribution in [1.82, 2.24) is 0 Å². The molecule has 1 rings (SSSR count). The van der Waals surface area contributed by atoms with E-state index in [-0.39, 0.29) is 27.8 Å². The average molecular weight is 338 g/mol. The second-order valence-corrected chi connectivity index (χ2v) is 5.86. The summed E-state index contributed by atoms with van der Waals surface area (Å²) in [4.78, 5) is 11.1. The van der Waals surface area contributed by atoms with E-state index < -0.39 is 16.1 Å². The van der Waals surface area contributed by atoms with Crippen molar-refractivity contribution in [3.63, 3.8) is 0 Å². The summed E-state index contributed by atoms with van der Waals surface area (Å²) in [5, 5.41) is 8.83. The SMILES string of the molecule is CC(Br)C(=O)c1cc(SC(F)(F)F)ccc1C#N. The van der Waals surface area contributed by atoms with Crippen molar-refractivity contribution in [3.05, 3.63) is 29.3 Å². The summed E-state index contributed by atoms with van der Waals surface area (Å²) in [7, 11) is 0. The fraction of sp³-hybridized carbons (Fsp3) is 0.273. The van der Waals surface area contributed by atoms with E-state index in [1.54, 1.807) is 13.0 Å². The highest BCUT2D eigenvalue weighted by molar-refractivity contribution is 9.10. The van der Waals surface area contributed by atoms with Gasteiger partial charge in [-0.25, -0.2) is 0 Å². The molecule has 0 aromatic heterocycles. The van der Waals surface area contributed by atoms with Crippen molar-refractivity contribution in [3.8, 4) is 6.07 Å². The van der Waals surface area contributed by atoms with Gasteiger partial charge < -0.3 is 0 Å². The molecule has 0 aliphatic rings. The molecule has 1 aromatic carbocycles. The molecular weight excluding hydrogens is 331 g/mol. The maximum absolute atomic E-state index is 12.2. The lowest BCUT2D eigenvalue weighted by Crippen LogP contribution is -2.12. The van der Waals surface area contributed by atoms with Gasteiger partial charge >= 0.3 is 5.51 Å². The summed E-state index contributed by atoms with van der Waals surface area (Å²) in [5.74, 6) is -0.420. The van der Waals surface area contributed by atoms with Gasteiger partial charge in [-0.3, -0.25) is 4.79 Å². The Morgan fingerprint density at radius 2 is 2.11 bits per heavy atom. The molecule has 1 unspecified atom stereocenters. The molecule has 18 heavy (non-hydrogen) atoms. The van der Waals surface area contributed by atoms with Gasteiger partial charge in [0.2, 0.25) is 0 Å². The number of ketones is 1. The summed E-state index contributed by atoms with van der Waals surface area (Å²) in [6.45, 7) is 1.55. The van der Waals surface area contributed by atoms with E-state index in [0.29, 0.717) is 0 Å². The lowest BCUT2D eigenvalue weighted by molar-refractivity contribution is -0.0328. The Bertz CT molecular complexity index is 508. The van der Waals surface area contributed by atoms with Crippen LogP contribution in [0.2, 0.25) is 0 Å². The van der Waals surface area contributed by atoms with Gasteiger partial charge in [0, 0.05) is 10.5 Å². The fourth-order valence-electron chi connectivity index (χ4n) is 1.24. The fourth-order valence-corrected chi connectivity index (χ4v) is 2.06. The zero-order valence-corrected chi connectivity index (χ0v) is 11.5. The predicted octanol–water partition coefficient (Wildman–Crippen LogP) is 4.14. The second kappa shape index (κ2) is 5.76. The first kappa shape index (κ1) is 15.1. The smallest absolute Gasteiger partial charge is 0.293 e. The minimum absolute atomic E-state index is 0.00359. The number of nitrogens with zero attached hydrogens (tertiary/aromatic N) is 1. The third-order valence-corrected chi connectivity index (χ3v) is 3.11. The van der Waals surface area contributed by atoms with Gasteiger partial charge in [-0.05, 0) is 36.9 Å². The topological polar surface area (TPSA) is 40.9 Å². The van der Waals surface area contributed by atoms with Gasteiger partial charge in [-0.15, -0.1) is 0 Å². The van der Waals surface area contributed by atoms with E-state index in [9.17, 15) is 18.0 Å². The molecule has 96 valence electrons. The Morgan fingerprint density at radius 3 is 2.56 bits per heavy atom. The molecule has 1 aromatic rings. The van der Waals surface area contributed by atoms with Gasteiger partial charge in [0.1, 0.15) is 0 Å². The number of benzene rings is 1. The van der Waals surface area contributed by atoms with Crippen LogP contribution in [0.15, 0.2) is 23.1 Å². The number of carbonyl (C=O) groups is 1. The van der Waals surface area contributed by atoms with Crippen molar-refractivity contribution < 1.29 is 18.0 Å². The van der Waals surface area contributed by atoms with Gasteiger partial charge in [0.15, 0.2) is 5.78 Å². The molecule has 0 aliphatic heterocycles. The highest BCUT2D eigenvalue weighted by atomic mass is 79.9. The van der Waals surface area contributed by atoms with Gasteiger partial charge in [-0.2, -0.15) is 18.4 Å². The summed E-state index contributed by atoms with van der Waals surface area (Å²) in [6, 6.07) is 5.28. The van der Waals surface area contributed by atoms with E-state index >= 15 is 0 Å². The maximum Gasteiger partial charge on any atom is 0.446 e. The molecular formula is C11H7BrF3NOS. The summed E-state index contributed by atoms with van der Waals surface area (Å²) in [5.41, 5.74) is -4.36. The number of hydrogen-bond donors (Lipinski definition) is 0. The number of thioether (sulfide) groups is 1. The molecule has 0 fully saturated rings. The molecule has 0 spiro atoms. The number of carbonyl (C=O) groups excluding carboxylic acids is 1. The first-order valence-electron chi connectivity index (χ1n) is 4.73. The van der Waals surface area contributed by atoms with Crippen LogP contribution in [0, 0.1) is 11.3 Å². The third kappa shape index (κ3) is 4.03. The van der Waals surface area contributed by atoms with Crippen molar-refractivity contribution in [1.29, 1.82) is 5.26 Å². The lowest BCUT2D eigenvalue weighted by atomic mass is 10.0. The largest absolute Gasteiger partial charge is 0.446 e. The first-order chi connectivity index (χ1) is 8.24. The van der Waals surface area contributed by atoms with Crippen molar-refractivity contribution in [2.75, 3.05) is 0 Å². The highest BCUT2D eigenvalue weighted by Crippen LogP contribution is 2.37. The van der Waals surface area contributed by atoms with E-state index in [2.05, 4.69) is 15.9 Å². The Labute approximate surface area is 114 Å². The van der Waals surface area contributed by atoms with Crippen LogP contribution >= 0.6 is 27.7 Å². The molecule has 0 saturated carbocycles. The minimum Gasteiger partial charge on any atom is -0.293 e. The van der Waals surface area contributed by atoms with Crippen LogP contribution in [-0.2, 0) is 0 Å². The quantitative estimate of drug-likeness (QED) is 0.473. The normalized spacial score (nSPS) is 12.9. The van der Waals surface area contributed by atoms with Gasteiger partial charge in [0.05, 0.1) is 16.5 Å². The second-order valence-electron chi connectivity index (χ2n) is 3.35. The molecule has 0 amide bonds. The number of rotatable bonds is 3. The standard InChI is InChI=1S/C11H7BrF3NOS/c1-6(12)10(17)9-4-8(18-11(13,14)15)3-2-7(9)5-16/h2-4,6H,1H3. The van der Waals surface area contributed by atoms with E-state index in [1.807, 2.05) is 0 Å². The predicted molar refractivity (Wildman–Crippen MR) is 65.8 cm³/mol. The molecule has 0 heterocycles. The van der Waals surface area contributed by atoms with Crippen molar-refractivity contribution in [2.24, 2.45) is 0 Å². The molecule has 0 radical (unpaired) electrons. The minimum atomic E-state index is -4.42. The number of halogens is 4. The molecule has 7 heteroatoms. The van der Waals surface area contributed by atoms with Crippen molar-refractivity contribution in [2.45, 2.75) is 22.2 Å². The first-order valence-corrected chi connectivity index (χ1v) is 6.46. The number of nitriles is 1. The Hall–Kier alpha value is -1.00. The van der Waals surface area contributed by atoms with Crippen LogP contribution < -0.4 is 0 Å². The summed E-state index contributed by atoms with van der Waals surface area (Å²) < 4.78 is 36.7. The Kier molecular flexibility index (Phi) is 4.82. The highest BCUT2D eigenvalue weighted by Gasteiger charge is 2.30. The monoisotopic (exact) mass is 337 g/mol. The van der Waals surface area contributed by atoms with E-state index in [0.717, 1.165) is 6.07 Å². The van der Waals surface area contributed by atoms with Gasteiger partial charge in [-0.1, -0.05) is 15.9 Å². The van der Waals surface area contributed by atoms with Crippen LogP contribution in [0.25, 0.3) is 0 Å². The van der Waals surface area contributed by atoms with E-state index in [1.165, 1.54) is 12.1 Å². The van der Waals surface area contributed by atoms with E-state index in [4.69, 9.17) is 5.26 Å². The molecule has 0 saturated heterocycles. The molecule has 0 aliphatic carbocycles. The van der Waals surface area contributed by atoms with Crippen LogP contribution in [0.5, 0.6) is 0 Å². The van der Waals surface area contributed by atoms with Crippen LogP contribution in [0.4, 0.5) is 13.2 Å². The maximum atomic E-state index is 12.2. The van der Waals surface area contributed by atoms with Gasteiger partial charge in [0.25, 0.3) is 0 Å². The van der Waals surface area contributed by atoms with Crippen molar-refractivity contribution >= 4 is 33.5 Å². The Morgan fingerprint density at radius 1 is 1.50 bits per heavy atom. The third-order valence-electron chi connectivity index (χ3n) is 1.97. The molecule has 2 nitrogen and oxygen atoms in total. The lowest BCUT2D eigenvalue weighted by Gasteiger charge is -2.09. The number of hydrogen-bond acceptors (Lipinski definition) is 3. The summed E-state index contributed by atoms with van der Waals surface area (Å²) >= 11 is 2.72. The average Bonchev–Trinajstić information content (AvgIpc) is 2.25. The molecule has 0 N–H and O–H groups in total. The van der Waals surface area contributed by atoms with Crippen LogP contribution in [-0.4, -0.2) is 16.1 Å². The van der Waals surface area contributed by atoms with Crippen LogP contribution in [0.1, 0.15) is 22.8 Å².